The molecule has 2 N–H and O–H groups in total. The van der Waals surface area contributed by atoms with Gasteiger partial charge in [0.25, 0.3) is 0 Å². The van der Waals surface area contributed by atoms with Crippen LogP contribution in [0.25, 0.3) is 10.9 Å². The van der Waals surface area contributed by atoms with E-state index in [4.69, 9.17) is 23.2 Å². The van der Waals surface area contributed by atoms with Crippen LogP contribution in [0.4, 0.5) is 21.5 Å². The number of anilines is 3. The summed E-state index contributed by atoms with van der Waals surface area (Å²) in [5.41, 5.74) is 2.61. The van der Waals surface area contributed by atoms with Crippen molar-refractivity contribution in [2.45, 2.75) is 19.4 Å². The minimum Gasteiger partial charge on any atom is -0.380 e. The molecule has 1 saturated heterocycles. The van der Waals surface area contributed by atoms with E-state index in [1.165, 1.54) is 24.4 Å². The lowest BCUT2D eigenvalue weighted by Gasteiger charge is -2.18. The molecule has 1 fully saturated rings. The van der Waals surface area contributed by atoms with Crippen LogP contribution in [0.3, 0.4) is 0 Å². The Morgan fingerprint density at radius 3 is 2.71 bits per heavy atom. The predicted octanol–water partition coefficient (Wildman–Crippen LogP) is 5.33. The van der Waals surface area contributed by atoms with E-state index in [2.05, 4.69) is 21.7 Å². The smallest absolute Gasteiger partial charge is 0.219 e. The molecule has 0 radical (unpaired) electrons. The van der Waals surface area contributed by atoms with Crippen molar-refractivity contribution in [1.82, 2.24) is 9.88 Å². The van der Waals surface area contributed by atoms with Crippen molar-refractivity contribution in [1.29, 1.82) is 5.26 Å². The predicted molar refractivity (Wildman–Crippen MR) is 120 cm³/mol. The quantitative estimate of drug-likeness (QED) is 0.553. The van der Waals surface area contributed by atoms with Gasteiger partial charge in [0.2, 0.25) is 5.91 Å². The van der Waals surface area contributed by atoms with Gasteiger partial charge in [-0.15, -0.1) is 0 Å². The first-order chi connectivity index (χ1) is 14.9. The highest BCUT2D eigenvalue weighted by Gasteiger charge is 2.24. The van der Waals surface area contributed by atoms with E-state index in [0.717, 1.165) is 12.1 Å². The van der Waals surface area contributed by atoms with Gasteiger partial charge in [-0.2, -0.15) is 5.26 Å². The Balaban J connectivity index is 1.73. The molecule has 158 valence electrons. The molecule has 31 heavy (non-hydrogen) atoms. The Morgan fingerprint density at radius 2 is 2.03 bits per heavy atom. The van der Waals surface area contributed by atoms with Crippen LogP contribution < -0.4 is 10.6 Å². The van der Waals surface area contributed by atoms with Crippen LogP contribution in [0, 0.1) is 17.1 Å². The minimum absolute atomic E-state index is 0.0292. The van der Waals surface area contributed by atoms with Crippen LogP contribution >= 0.6 is 23.2 Å². The number of carbonyl (C=O) groups excluding carboxylic acids is 1. The Bertz CT molecular complexity index is 1230. The maximum atomic E-state index is 13.5. The number of fused-ring (bicyclic) bond motifs is 1. The van der Waals surface area contributed by atoms with E-state index in [-0.39, 0.29) is 17.0 Å². The van der Waals surface area contributed by atoms with Gasteiger partial charge in [0.05, 0.1) is 26.8 Å². The average Bonchev–Trinajstić information content (AvgIpc) is 3.20. The number of nitriles is 1. The van der Waals surface area contributed by atoms with Crippen LogP contribution in [0.5, 0.6) is 0 Å². The molecule has 4 rings (SSSR count). The number of carbonyl (C=O) groups is 1. The Hall–Kier alpha value is -3.08. The van der Waals surface area contributed by atoms with E-state index in [0.29, 0.717) is 46.0 Å². The third kappa shape index (κ3) is 4.36. The van der Waals surface area contributed by atoms with Crippen molar-refractivity contribution in [3.8, 4) is 6.07 Å². The molecule has 0 saturated carbocycles. The molecule has 1 atom stereocenters. The summed E-state index contributed by atoms with van der Waals surface area (Å²) in [5, 5.41) is 17.2. The highest BCUT2D eigenvalue weighted by atomic mass is 35.5. The molecule has 2 heterocycles. The van der Waals surface area contributed by atoms with Crippen molar-refractivity contribution in [3.63, 3.8) is 0 Å². The number of halogens is 3. The van der Waals surface area contributed by atoms with E-state index in [1.54, 1.807) is 17.9 Å². The topological polar surface area (TPSA) is 81.1 Å². The fourth-order valence-corrected chi connectivity index (χ4v) is 4.13. The molecule has 0 bridgehead atoms. The van der Waals surface area contributed by atoms with Crippen molar-refractivity contribution >= 4 is 57.1 Å². The second-order valence-corrected chi connectivity index (χ2v) is 8.18. The lowest BCUT2D eigenvalue weighted by atomic mass is 10.1. The highest BCUT2D eigenvalue weighted by molar-refractivity contribution is 6.36. The average molecular weight is 458 g/mol. The number of benzene rings is 2. The third-order valence-corrected chi connectivity index (χ3v) is 5.82. The van der Waals surface area contributed by atoms with Crippen molar-refractivity contribution in [3.05, 3.63) is 58.0 Å². The summed E-state index contributed by atoms with van der Waals surface area (Å²) in [4.78, 5) is 17.7. The van der Waals surface area contributed by atoms with Gasteiger partial charge in [0.1, 0.15) is 11.9 Å². The standard InChI is InChI=1S/C22H18Cl2FN5O/c1-12(31)30-5-4-15(11-30)28-16-6-17-21(29-14-2-3-20(25)18(23)7-14)13(9-26)10-27-22(17)19(24)8-16/h2-3,6-8,10,15,28H,4-5,11H2,1H3,(H,27,29). The number of aromatic nitrogens is 1. The zero-order valence-electron chi connectivity index (χ0n) is 16.5. The number of hydrogen-bond acceptors (Lipinski definition) is 5. The third-order valence-electron chi connectivity index (χ3n) is 5.24. The van der Waals surface area contributed by atoms with E-state index in [9.17, 15) is 14.4 Å². The molecule has 6 nitrogen and oxygen atoms in total. The van der Waals surface area contributed by atoms with Gasteiger partial charge in [-0.3, -0.25) is 9.78 Å². The molecule has 1 amide bonds. The van der Waals surface area contributed by atoms with Gasteiger partial charge in [0.15, 0.2) is 0 Å². The first-order valence-electron chi connectivity index (χ1n) is 9.62. The van der Waals surface area contributed by atoms with Gasteiger partial charge in [-0.25, -0.2) is 4.39 Å². The Morgan fingerprint density at radius 1 is 1.26 bits per heavy atom. The molecule has 1 aliphatic heterocycles. The maximum absolute atomic E-state index is 13.5. The fraction of sp³-hybridized carbons (Fsp3) is 0.227. The summed E-state index contributed by atoms with van der Waals surface area (Å²) >= 11 is 12.4. The molecular weight excluding hydrogens is 440 g/mol. The Kier molecular flexibility index (Phi) is 5.86. The fourth-order valence-electron chi connectivity index (χ4n) is 3.68. The number of pyridine rings is 1. The zero-order valence-corrected chi connectivity index (χ0v) is 18.1. The summed E-state index contributed by atoms with van der Waals surface area (Å²) < 4.78 is 13.5. The van der Waals surface area contributed by atoms with Gasteiger partial charge < -0.3 is 15.5 Å². The summed E-state index contributed by atoms with van der Waals surface area (Å²) in [6.45, 7) is 2.87. The molecule has 3 aromatic rings. The molecule has 1 unspecified atom stereocenters. The summed E-state index contributed by atoms with van der Waals surface area (Å²) in [7, 11) is 0. The second-order valence-electron chi connectivity index (χ2n) is 7.36. The van der Waals surface area contributed by atoms with Gasteiger partial charge >= 0.3 is 0 Å². The zero-order chi connectivity index (χ0) is 22.1. The van der Waals surface area contributed by atoms with Crippen LogP contribution in [0.15, 0.2) is 36.5 Å². The number of nitrogens with one attached hydrogen (secondary N) is 2. The number of hydrogen-bond donors (Lipinski definition) is 2. The maximum Gasteiger partial charge on any atom is 0.219 e. The van der Waals surface area contributed by atoms with E-state index >= 15 is 0 Å². The largest absolute Gasteiger partial charge is 0.380 e. The van der Waals surface area contributed by atoms with E-state index < -0.39 is 5.82 Å². The number of rotatable bonds is 4. The molecular formula is C22H18Cl2FN5O. The Labute approximate surface area is 188 Å². The number of likely N-dealkylation sites (tertiary alicyclic amines) is 1. The molecule has 9 heteroatoms. The monoisotopic (exact) mass is 457 g/mol. The first kappa shape index (κ1) is 21.2. The SMILES string of the molecule is CC(=O)N1CCC(Nc2cc(Cl)c3ncc(C#N)c(Nc4ccc(F)c(Cl)c4)c3c2)C1. The van der Waals surface area contributed by atoms with E-state index in [1.807, 2.05) is 6.07 Å². The second kappa shape index (κ2) is 8.58. The van der Waals surface area contributed by atoms with Crippen LogP contribution in [0.2, 0.25) is 10.0 Å². The molecule has 1 aromatic heterocycles. The van der Waals surface area contributed by atoms with Crippen molar-refractivity contribution in [2.75, 3.05) is 23.7 Å². The molecule has 2 aromatic carbocycles. The highest BCUT2D eigenvalue weighted by Crippen LogP contribution is 2.36. The van der Waals surface area contributed by atoms with Crippen LogP contribution in [-0.4, -0.2) is 34.9 Å². The molecule has 1 aliphatic rings. The molecule has 0 spiro atoms. The normalized spacial score (nSPS) is 15.7. The number of amides is 1. The van der Waals surface area contributed by atoms with Crippen molar-refractivity contribution < 1.29 is 9.18 Å². The van der Waals surface area contributed by atoms with Gasteiger partial charge in [-0.1, -0.05) is 23.2 Å². The lowest BCUT2D eigenvalue weighted by Crippen LogP contribution is -2.29. The lowest BCUT2D eigenvalue weighted by molar-refractivity contribution is -0.127. The van der Waals surface area contributed by atoms with Crippen molar-refractivity contribution in [2.24, 2.45) is 0 Å². The first-order valence-corrected chi connectivity index (χ1v) is 10.4. The summed E-state index contributed by atoms with van der Waals surface area (Å²) in [6, 6.07) is 10.1. The summed E-state index contributed by atoms with van der Waals surface area (Å²) in [5.74, 6) is -0.480. The number of nitrogens with zero attached hydrogens (tertiary/aromatic N) is 3. The minimum atomic E-state index is -0.530. The van der Waals surface area contributed by atoms with Crippen LogP contribution in [0.1, 0.15) is 18.9 Å². The van der Waals surface area contributed by atoms with Gasteiger partial charge in [-0.05, 0) is 36.8 Å². The summed E-state index contributed by atoms with van der Waals surface area (Å²) in [6.07, 6.45) is 2.27. The van der Waals surface area contributed by atoms with Crippen LogP contribution in [-0.2, 0) is 4.79 Å². The van der Waals surface area contributed by atoms with Gasteiger partial charge in [0, 0.05) is 49.0 Å². The molecule has 0 aliphatic carbocycles.